The van der Waals surface area contributed by atoms with Crippen LogP contribution < -0.4 is 10.6 Å². The topological polar surface area (TPSA) is 48.8 Å². The average molecular weight is 517 g/mol. The first-order valence-corrected chi connectivity index (χ1v) is 13.6. The number of nitrogens with zero attached hydrogens (tertiary/aromatic N) is 2. The zero-order chi connectivity index (χ0) is 26.7. The van der Waals surface area contributed by atoms with Crippen LogP contribution in [0.3, 0.4) is 0 Å². The quantitative estimate of drug-likeness (QED) is 0.254. The molecule has 0 amide bonds. The second kappa shape index (κ2) is 10.5. The van der Waals surface area contributed by atoms with Gasteiger partial charge >= 0.3 is 0 Å². The zero-order valence-corrected chi connectivity index (χ0v) is 22.0. The Hall–Kier alpha value is -5.22. The molecule has 1 unspecified atom stereocenters. The molecule has 5 aromatic rings. The van der Waals surface area contributed by atoms with Crippen LogP contribution in [0.1, 0.15) is 28.4 Å². The lowest BCUT2D eigenvalue weighted by Crippen LogP contribution is -2.36. The summed E-state index contributed by atoms with van der Waals surface area (Å²) in [6, 6.07) is 42.5. The normalized spacial score (nSPS) is 16.4. The van der Waals surface area contributed by atoms with Crippen LogP contribution in [0.5, 0.6) is 0 Å². The highest BCUT2D eigenvalue weighted by Crippen LogP contribution is 2.29. The molecule has 0 saturated carbocycles. The number of nitrogens with one attached hydrogen (secondary N) is 2. The second-order valence-electron chi connectivity index (χ2n) is 10.0. The van der Waals surface area contributed by atoms with Crippen LogP contribution >= 0.6 is 0 Å². The van der Waals surface area contributed by atoms with Crippen LogP contribution in [-0.4, -0.2) is 18.2 Å². The number of aliphatic imine (C=N–C) groups is 2. The second-order valence-corrected chi connectivity index (χ2v) is 10.0. The molecule has 0 saturated heterocycles. The number of amidine groups is 2. The molecule has 40 heavy (non-hydrogen) atoms. The number of hydrogen-bond donors (Lipinski definition) is 2. The maximum Gasteiger partial charge on any atom is 0.169 e. The van der Waals surface area contributed by atoms with E-state index in [0.717, 1.165) is 34.9 Å². The predicted octanol–water partition coefficient (Wildman–Crippen LogP) is 7.50. The molecular weight excluding hydrogens is 488 g/mol. The van der Waals surface area contributed by atoms with Crippen LogP contribution in [0.25, 0.3) is 27.5 Å². The van der Waals surface area contributed by atoms with Crippen molar-refractivity contribution in [3.05, 3.63) is 162 Å². The van der Waals surface area contributed by atoms with Gasteiger partial charge in [0.2, 0.25) is 0 Å². The van der Waals surface area contributed by atoms with Gasteiger partial charge in [-0.3, -0.25) is 0 Å². The summed E-state index contributed by atoms with van der Waals surface area (Å²) in [6.07, 6.45) is 5.90. The number of rotatable bonds is 5. The van der Waals surface area contributed by atoms with Crippen LogP contribution in [-0.2, 0) is 0 Å². The fourth-order valence-electron chi connectivity index (χ4n) is 5.22. The number of hydrogen-bond acceptors (Lipinski definition) is 4. The van der Waals surface area contributed by atoms with Gasteiger partial charge in [-0.05, 0) is 63.0 Å². The molecule has 7 rings (SSSR count). The van der Waals surface area contributed by atoms with E-state index >= 15 is 0 Å². The summed E-state index contributed by atoms with van der Waals surface area (Å²) < 4.78 is 0. The Labute approximate surface area is 234 Å². The van der Waals surface area contributed by atoms with Crippen molar-refractivity contribution < 1.29 is 0 Å². The lowest BCUT2D eigenvalue weighted by atomic mass is 9.97. The van der Waals surface area contributed by atoms with Crippen molar-refractivity contribution >= 4 is 28.0 Å². The Morgan fingerprint density at radius 1 is 0.550 bits per heavy atom. The fourth-order valence-corrected chi connectivity index (χ4v) is 5.22. The summed E-state index contributed by atoms with van der Waals surface area (Å²) >= 11 is 0. The Balaban J connectivity index is 1.20. The molecule has 2 heterocycles. The molecule has 2 aliphatic heterocycles. The van der Waals surface area contributed by atoms with E-state index in [4.69, 9.17) is 9.98 Å². The number of allylic oxidation sites excluding steroid dienone is 2. The Kier molecular flexibility index (Phi) is 6.27. The molecule has 2 N–H and O–H groups in total. The molecule has 0 aliphatic carbocycles. The third-order valence-corrected chi connectivity index (χ3v) is 7.39. The van der Waals surface area contributed by atoms with Crippen molar-refractivity contribution in [2.24, 2.45) is 9.98 Å². The van der Waals surface area contributed by atoms with Gasteiger partial charge in [0.15, 0.2) is 6.17 Å². The Morgan fingerprint density at radius 3 is 1.85 bits per heavy atom. The summed E-state index contributed by atoms with van der Waals surface area (Å²) in [6.45, 7) is 0.860. The minimum atomic E-state index is -0.301. The zero-order valence-electron chi connectivity index (χ0n) is 22.0. The largest absolute Gasteiger partial charge is 0.387 e. The highest BCUT2D eigenvalue weighted by atomic mass is 15.2. The van der Waals surface area contributed by atoms with Crippen molar-refractivity contribution in [1.82, 2.24) is 10.6 Å². The van der Waals surface area contributed by atoms with Crippen molar-refractivity contribution in [2.75, 3.05) is 6.54 Å². The van der Waals surface area contributed by atoms with E-state index in [9.17, 15) is 0 Å². The minimum Gasteiger partial charge on any atom is -0.387 e. The van der Waals surface area contributed by atoms with E-state index in [-0.39, 0.29) is 6.17 Å². The van der Waals surface area contributed by atoms with Crippen LogP contribution in [0, 0.1) is 0 Å². The molecule has 192 valence electrons. The van der Waals surface area contributed by atoms with Gasteiger partial charge in [-0.2, -0.15) is 0 Å². The SMILES string of the molecule is C1=CNCC(c2ccc(-c3ccc4cc(C5=NC(c6ccccc6)N=C(c6ccccc6)N5)ccc4c3)cc2)=C1. The smallest absolute Gasteiger partial charge is 0.169 e. The van der Waals surface area contributed by atoms with Gasteiger partial charge < -0.3 is 10.6 Å². The fraction of sp³-hybridized carbons (Fsp3) is 0.0556. The molecular formula is C36H28N4. The van der Waals surface area contributed by atoms with Gasteiger partial charge in [-0.1, -0.05) is 115 Å². The third kappa shape index (κ3) is 4.83. The molecule has 1 atom stereocenters. The number of benzene rings is 5. The van der Waals surface area contributed by atoms with E-state index in [2.05, 4.69) is 108 Å². The van der Waals surface area contributed by atoms with Gasteiger partial charge in [-0.15, -0.1) is 0 Å². The minimum absolute atomic E-state index is 0.301. The van der Waals surface area contributed by atoms with Crippen molar-refractivity contribution in [2.45, 2.75) is 6.17 Å². The molecule has 5 aromatic carbocycles. The van der Waals surface area contributed by atoms with E-state index in [1.54, 1.807) is 0 Å². The van der Waals surface area contributed by atoms with Crippen LogP contribution in [0.2, 0.25) is 0 Å². The van der Waals surface area contributed by atoms with Crippen molar-refractivity contribution in [3.63, 3.8) is 0 Å². The molecule has 0 bridgehead atoms. The first kappa shape index (κ1) is 23.9. The highest BCUT2D eigenvalue weighted by Gasteiger charge is 2.20. The van der Waals surface area contributed by atoms with Gasteiger partial charge in [0, 0.05) is 17.7 Å². The summed E-state index contributed by atoms with van der Waals surface area (Å²) in [5.74, 6) is 1.65. The molecule has 0 spiro atoms. The van der Waals surface area contributed by atoms with Crippen LogP contribution in [0.4, 0.5) is 0 Å². The van der Waals surface area contributed by atoms with Gasteiger partial charge in [0.1, 0.15) is 11.7 Å². The van der Waals surface area contributed by atoms with E-state index in [1.165, 1.54) is 33.0 Å². The summed E-state index contributed by atoms with van der Waals surface area (Å²) in [5.41, 5.74) is 8.12. The Morgan fingerprint density at radius 2 is 1.15 bits per heavy atom. The average Bonchev–Trinajstić information content (AvgIpc) is 3.05. The summed E-state index contributed by atoms with van der Waals surface area (Å²) in [7, 11) is 0. The maximum absolute atomic E-state index is 5.02. The molecule has 4 nitrogen and oxygen atoms in total. The lowest BCUT2D eigenvalue weighted by molar-refractivity contribution is 0.756. The summed E-state index contributed by atoms with van der Waals surface area (Å²) in [5, 5.41) is 9.16. The van der Waals surface area contributed by atoms with Gasteiger partial charge in [0.25, 0.3) is 0 Å². The molecule has 0 aromatic heterocycles. The Bertz CT molecular complexity index is 1800. The highest BCUT2D eigenvalue weighted by molar-refractivity contribution is 6.16. The number of fused-ring (bicyclic) bond motifs is 1. The first-order valence-electron chi connectivity index (χ1n) is 13.6. The van der Waals surface area contributed by atoms with Gasteiger partial charge in [-0.25, -0.2) is 9.98 Å². The molecule has 4 heteroatoms. The van der Waals surface area contributed by atoms with E-state index in [1.807, 2.05) is 42.6 Å². The molecule has 0 fully saturated rings. The standard InChI is InChI=1S/C36H28N4/c1-3-8-27(9-4-1)34-38-35(28-10-5-2-6-11-28)40-36(39-34)32-20-19-30-22-29(17-18-31(30)23-32)25-13-15-26(16-14-25)33-12-7-21-37-24-33/h1-23,34,37H,24H2,(H,38,39,40). The van der Waals surface area contributed by atoms with E-state index < -0.39 is 0 Å². The maximum atomic E-state index is 5.02. The number of dihydropyridines is 1. The molecule has 2 aliphatic rings. The third-order valence-electron chi connectivity index (χ3n) is 7.39. The predicted molar refractivity (Wildman–Crippen MR) is 166 cm³/mol. The van der Waals surface area contributed by atoms with Gasteiger partial charge in [0.05, 0.1) is 0 Å². The lowest BCUT2D eigenvalue weighted by Gasteiger charge is -2.22. The molecule has 0 radical (unpaired) electrons. The van der Waals surface area contributed by atoms with Crippen molar-refractivity contribution in [3.8, 4) is 11.1 Å². The monoisotopic (exact) mass is 516 g/mol. The van der Waals surface area contributed by atoms with Crippen LogP contribution in [0.15, 0.2) is 150 Å². The summed E-state index contributed by atoms with van der Waals surface area (Å²) in [4.78, 5) is 9.97. The van der Waals surface area contributed by atoms with Crippen molar-refractivity contribution in [1.29, 1.82) is 0 Å². The first-order chi connectivity index (χ1) is 19.8. The van der Waals surface area contributed by atoms with E-state index in [0.29, 0.717) is 0 Å².